The van der Waals surface area contributed by atoms with Crippen LogP contribution in [0.1, 0.15) is 23.3 Å². The van der Waals surface area contributed by atoms with E-state index < -0.39 is 17.3 Å². The normalized spacial score (nSPS) is 15.2. The third-order valence-electron chi connectivity index (χ3n) is 3.24. The quantitative estimate of drug-likeness (QED) is 0.731. The number of hydrogen-bond donors (Lipinski definition) is 2. The van der Waals surface area contributed by atoms with Gasteiger partial charge in [0, 0.05) is 12.7 Å². The third-order valence-corrected chi connectivity index (χ3v) is 3.24. The summed E-state index contributed by atoms with van der Waals surface area (Å²) in [6.45, 7) is 3.91. The number of nitrogens with one attached hydrogen (secondary N) is 1. The molecule has 20 heavy (non-hydrogen) atoms. The topological polar surface area (TPSA) is 88.5 Å². The van der Waals surface area contributed by atoms with Gasteiger partial charge in [-0.1, -0.05) is 12.7 Å². The summed E-state index contributed by atoms with van der Waals surface area (Å²) < 4.78 is 5.34. The molecule has 2 N–H and O–H groups in total. The molecule has 1 aliphatic carbocycles. The molecule has 0 radical (unpaired) electrons. The van der Waals surface area contributed by atoms with E-state index >= 15 is 0 Å². The Morgan fingerprint density at radius 1 is 1.55 bits per heavy atom. The van der Waals surface area contributed by atoms with E-state index in [0.29, 0.717) is 18.6 Å². The van der Waals surface area contributed by atoms with Crippen LogP contribution in [0, 0.1) is 5.41 Å². The highest BCUT2D eigenvalue weighted by atomic mass is 16.5. The lowest BCUT2D eigenvalue weighted by molar-refractivity contribution is -0.143. The van der Waals surface area contributed by atoms with Crippen molar-refractivity contribution in [2.75, 3.05) is 13.2 Å². The van der Waals surface area contributed by atoms with E-state index in [0.717, 1.165) is 0 Å². The maximum absolute atomic E-state index is 12.1. The largest absolute Gasteiger partial charge is 0.487 e. The Bertz CT molecular complexity index is 538. The number of ether oxygens (including phenoxy) is 1. The number of hydrogen-bond acceptors (Lipinski definition) is 4. The number of aromatic nitrogens is 1. The molecule has 6 nitrogen and oxygen atoms in total. The van der Waals surface area contributed by atoms with Crippen LogP contribution in [0.5, 0.6) is 5.75 Å². The van der Waals surface area contributed by atoms with E-state index in [-0.39, 0.29) is 18.8 Å². The molecule has 0 aromatic carbocycles. The number of carboxylic acid groups (broad SMARTS) is 1. The van der Waals surface area contributed by atoms with Gasteiger partial charge in [-0.05, 0) is 25.0 Å². The van der Waals surface area contributed by atoms with Gasteiger partial charge in [-0.2, -0.15) is 0 Å². The van der Waals surface area contributed by atoms with E-state index in [1.54, 1.807) is 18.2 Å². The minimum absolute atomic E-state index is 0.110. The van der Waals surface area contributed by atoms with Crippen LogP contribution in [0.15, 0.2) is 31.0 Å². The third kappa shape index (κ3) is 2.96. The van der Waals surface area contributed by atoms with Gasteiger partial charge >= 0.3 is 5.97 Å². The minimum Gasteiger partial charge on any atom is -0.487 e. The van der Waals surface area contributed by atoms with E-state index in [1.165, 1.54) is 6.20 Å². The molecule has 1 saturated carbocycles. The van der Waals surface area contributed by atoms with Crippen molar-refractivity contribution in [3.05, 3.63) is 36.7 Å². The van der Waals surface area contributed by atoms with E-state index in [1.807, 2.05) is 0 Å². The maximum Gasteiger partial charge on any atom is 0.311 e. The number of carbonyl (C=O) groups excluding carboxylic acids is 1. The smallest absolute Gasteiger partial charge is 0.311 e. The molecule has 6 heteroatoms. The van der Waals surface area contributed by atoms with Gasteiger partial charge in [0.25, 0.3) is 5.91 Å². The molecule has 0 saturated heterocycles. The first kappa shape index (κ1) is 14.0. The van der Waals surface area contributed by atoms with Crippen molar-refractivity contribution in [2.45, 2.75) is 12.8 Å². The van der Waals surface area contributed by atoms with Crippen molar-refractivity contribution in [3.63, 3.8) is 0 Å². The molecule has 0 aliphatic heterocycles. The van der Waals surface area contributed by atoms with Crippen LogP contribution < -0.4 is 10.1 Å². The standard InChI is InChI=1S/C14H16N2O4/c1-2-8-20-10-4-3-7-15-11(10)12(17)16-9-14(5-6-14)13(18)19/h2-4,7H,1,5-6,8-9H2,(H,16,17)(H,18,19). The zero-order valence-corrected chi connectivity index (χ0v) is 11.0. The van der Waals surface area contributed by atoms with Crippen molar-refractivity contribution in [2.24, 2.45) is 5.41 Å². The summed E-state index contributed by atoms with van der Waals surface area (Å²) in [4.78, 5) is 27.1. The van der Waals surface area contributed by atoms with Gasteiger partial charge in [-0.3, -0.25) is 9.59 Å². The molecule has 1 aromatic heterocycles. The van der Waals surface area contributed by atoms with E-state index in [9.17, 15) is 9.59 Å². The second-order valence-electron chi connectivity index (χ2n) is 4.72. The fourth-order valence-corrected chi connectivity index (χ4v) is 1.78. The van der Waals surface area contributed by atoms with Gasteiger partial charge in [0.1, 0.15) is 6.61 Å². The number of amides is 1. The lowest BCUT2D eigenvalue weighted by Gasteiger charge is -2.12. The number of carboxylic acids is 1. The first-order chi connectivity index (χ1) is 9.59. The van der Waals surface area contributed by atoms with Gasteiger partial charge in [-0.25, -0.2) is 4.98 Å². The Kier molecular flexibility index (Phi) is 4.02. The number of nitrogens with zero attached hydrogens (tertiary/aromatic N) is 1. The van der Waals surface area contributed by atoms with Gasteiger partial charge in [0.15, 0.2) is 11.4 Å². The van der Waals surface area contributed by atoms with Crippen LogP contribution in [0.25, 0.3) is 0 Å². The Hall–Kier alpha value is -2.37. The zero-order valence-electron chi connectivity index (χ0n) is 11.0. The molecule has 1 fully saturated rings. The second kappa shape index (κ2) is 5.73. The van der Waals surface area contributed by atoms with Crippen molar-refractivity contribution < 1.29 is 19.4 Å². The molecule has 1 aliphatic rings. The number of rotatable bonds is 7. The average Bonchev–Trinajstić information content (AvgIpc) is 3.24. The molecule has 1 heterocycles. The molecule has 1 amide bonds. The van der Waals surface area contributed by atoms with Crippen molar-refractivity contribution in [3.8, 4) is 5.75 Å². The predicted octanol–water partition coefficient (Wildman–Crippen LogP) is 1.24. The van der Waals surface area contributed by atoms with Crippen LogP contribution >= 0.6 is 0 Å². The van der Waals surface area contributed by atoms with Gasteiger partial charge in [0.2, 0.25) is 0 Å². The number of pyridine rings is 1. The fraction of sp³-hybridized carbons (Fsp3) is 0.357. The lowest BCUT2D eigenvalue weighted by atomic mass is 10.1. The Balaban J connectivity index is 2.02. The van der Waals surface area contributed by atoms with Crippen molar-refractivity contribution in [1.82, 2.24) is 10.3 Å². The second-order valence-corrected chi connectivity index (χ2v) is 4.72. The molecule has 0 bridgehead atoms. The Morgan fingerprint density at radius 3 is 2.90 bits per heavy atom. The summed E-state index contributed by atoms with van der Waals surface area (Å²) in [7, 11) is 0. The zero-order chi connectivity index (χ0) is 14.6. The fourth-order valence-electron chi connectivity index (χ4n) is 1.78. The highest BCUT2D eigenvalue weighted by Crippen LogP contribution is 2.45. The van der Waals surface area contributed by atoms with E-state index in [2.05, 4.69) is 16.9 Å². The minimum atomic E-state index is -0.873. The summed E-state index contributed by atoms with van der Waals surface area (Å²) in [6.07, 6.45) is 4.23. The monoisotopic (exact) mass is 276 g/mol. The first-order valence-electron chi connectivity index (χ1n) is 6.29. The Morgan fingerprint density at radius 2 is 2.30 bits per heavy atom. The SMILES string of the molecule is C=CCOc1cccnc1C(=O)NCC1(C(=O)O)CC1. The Labute approximate surface area is 116 Å². The summed E-state index contributed by atoms with van der Waals surface area (Å²) >= 11 is 0. The summed E-state index contributed by atoms with van der Waals surface area (Å²) in [6, 6.07) is 3.30. The van der Waals surface area contributed by atoms with Gasteiger partial charge < -0.3 is 15.2 Å². The molecule has 106 valence electrons. The van der Waals surface area contributed by atoms with E-state index in [4.69, 9.17) is 9.84 Å². The number of carbonyl (C=O) groups is 2. The lowest BCUT2D eigenvalue weighted by Crippen LogP contribution is -2.34. The highest BCUT2D eigenvalue weighted by Gasteiger charge is 2.50. The van der Waals surface area contributed by atoms with Crippen LogP contribution in [-0.2, 0) is 4.79 Å². The van der Waals surface area contributed by atoms with Gasteiger partial charge in [-0.15, -0.1) is 0 Å². The summed E-state index contributed by atoms with van der Waals surface area (Å²) in [5.74, 6) is -0.954. The maximum atomic E-state index is 12.1. The summed E-state index contributed by atoms with van der Waals surface area (Å²) in [5, 5.41) is 11.7. The summed E-state index contributed by atoms with van der Waals surface area (Å²) in [5.41, 5.74) is -0.650. The van der Waals surface area contributed by atoms with Gasteiger partial charge in [0.05, 0.1) is 5.41 Å². The van der Waals surface area contributed by atoms with Crippen LogP contribution in [0.4, 0.5) is 0 Å². The molecule has 2 rings (SSSR count). The van der Waals surface area contributed by atoms with Crippen LogP contribution in [0.3, 0.4) is 0 Å². The van der Waals surface area contributed by atoms with Crippen LogP contribution in [0.2, 0.25) is 0 Å². The predicted molar refractivity (Wildman–Crippen MR) is 71.6 cm³/mol. The van der Waals surface area contributed by atoms with Crippen LogP contribution in [-0.4, -0.2) is 35.1 Å². The molecule has 0 atom stereocenters. The molecular weight excluding hydrogens is 260 g/mol. The highest BCUT2D eigenvalue weighted by molar-refractivity contribution is 5.95. The molecule has 0 unspecified atom stereocenters. The molecule has 0 spiro atoms. The number of aliphatic carboxylic acids is 1. The molecular formula is C14H16N2O4. The molecule has 1 aromatic rings. The van der Waals surface area contributed by atoms with Crippen molar-refractivity contribution in [1.29, 1.82) is 0 Å². The first-order valence-corrected chi connectivity index (χ1v) is 6.29. The average molecular weight is 276 g/mol. The van der Waals surface area contributed by atoms with Crippen molar-refractivity contribution >= 4 is 11.9 Å².